The number of morpholine rings is 1. The number of para-hydroxylation sites is 1. The number of aromatic nitrogens is 1. The number of ether oxygens (including phenoxy) is 1. The minimum Gasteiger partial charge on any atom is -0.378 e. The fourth-order valence-corrected chi connectivity index (χ4v) is 4.59. The fraction of sp³-hybridized carbons (Fsp3) is 0.565. The van der Waals surface area contributed by atoms with Crippen molar-refractivity contribution in [1.82, 2.24) is 20.1 Å². The number of aliphatic imine (C=N–C) groups is 1. The van der Waals surface area contributed by atoms with E-state index in [0.29, 0.717) is 19.1 Å². The summed E-state index contributed by atoms with van der Waals surface area (Å²) in [6.07, 6.45) is 4.83. The molecule has 0 radical (unpaired) electrons. The number of carbonyl (C=O) groups excluding carboxylic acids is 1. The Hall–Kier alpha value is -1.81. The third kappa shape index (κ3) is 5.52. The van der Waals surface area contributed by atoms with Gasteiger partial charge >= 0.3 is 0 Å². The summed E-state index contributed by atoms with van der Waals surface area (Å²) in [5.74, 6) is 1.37. The largest absolute Gasteiger partial charge is 0.378 e. The summed E-state index contributed by atoms with van der Waals surface area (Å²) in [5, 5.41) is 4.81. The predicted molar refractivity (Wildman–Crippen MR) is 135 cm³/mol. The van der Waals surface area contributed by atoms with E-state index in [-0.39, 0.29) is 29.9 Å². The van der Waals surface area contributed by atoms with Crippen LogP contribution in [-0.2, 0) is 16.0 Å². The number of aryl methyl sites for hydroxylation is 1. The molecule has 1 aromatic heterocycles. The number of carbonyl (C=O) groups is 1. The van der Waals surface area contributed by atoms with E-state index < -0.39 is 0 Å². The van der Waals surface area contributed by atoms with E-state index in [2.05, 4.69) is 51.5 Å². The van der Waals surface area contributed by atoms with E-state index in [1.807, 2.05) is 11.9 Å². The van der Waals surface area contributed by atoms with Crippen LogP contribution in [0.3, 0.4) is 0 Å². The van der Waals surface area contributed by atoms with Gasteiger partial charge in [0, 0.05) is 62.8 Å². The summed E-state index contributed by atoms with van der Waals surface area (Å²) in [4.78, 5) is 24.9. The molecule has 0 aliphatic carbocycles. The molecule has 0 spiro atoms. The Bertz CT molecular complexity index is 899. The van der Waals surface area contributed by atoms with Gasteiger partial charge in [-0.3, -0.25) is 9.79 Å². The molecule has 3 heterocycles. The number of hydrogen-bond acceptors (Lipinski definition) is 3. The highest BCUT2D eigenvalue weighted by atomic mass is 127. The fourth-order valence-electron chi connectivity index (χ4n) is 4.59. The third-order valence-electron chi connectivity index (χ3n) is 6.37. The first kappa shape index (κ1) is 23.8. The van der Waals surface area contributed by atoms with E-state index in [1.54, 1.807) is 0 Å². The second-order valence-corrected chi connectivity index (χ2v) is 8.23. The molecule has 8 heteroatoms. The van der Waals surface area contributed by atoms with Crippen LogP contribution < -0.4 is 5.32 Å². The third-order valence-corrected chi connectivity index (χ3v) is 6.37. The molecule has 2 fully saturated rings. The van der Waals surface area contributed by atoms with Crippen LogP contribution in [0.15, 0.2) is 29.4 Å². The van der Waals surface area contributed by atoms with Gasteiger partial charge in [0.05, 0.1) is 13.2 Å². The first-order chi connectivity index (χ1) is 14.7. The predicted octanol–water partition coefficient (Wildman–Crippen LogP) is 2.78. The van der Waals surface area contributed by atoms with E-state index in [1.165, 1.54) is 22.0 Å². The molecule has 2 aliphatic heterocycles. The lowest BCUT2D eigenvalue weighted by Crippen LogP contribution is -2.50. The van der Waals surface area contributed by atoms with Crippen molar-refractivity contribution in [3.8, 4) is 0 Å². The van der Waals surface area contributed by atoms with Gasteiger partial charge in [-0.1, -0.05) is 18.2 Å². The van der Waals surface area contributed by atoms with Gasteiger partial charge < -0.3 is 24.8 Å². The van der Waals surface area contributed by atoms with Crippen molar-refractivity contribution in [2.24, 2.45) is 10.9 Å². The Balaban J connectivity index is 0.00000272. The average Bonchev–Trinajstić information content (AvgIpc) is 3.21. The molecule has 2 N–H and O–H groups in total. The normalized spacial score (nSPS) is 18.2. The van der Waals surface area contributed by atoms with E-state index in [9.17, 15) is 4.79 Å². The molecule has 2 saturated heterocycles. The highest BCUT2D eigenvalue weighted by Gasteiger charge is 2.30. The Kier molecular flexibility index (Phi) is 8.59. The van der Waals surface area contributed by atoms with Crippen molar-refractivity contribution in [1.29, 1.82) is 0 Å². The molecule has 170 valence electrons. The lowest BCUT2D eigenvalue weighted by molar-refractivity contribution is -0.140. The molecule has 0 bridgehead atoms. The number of likely N-dealkylation sites (tertiary alicyclic amines) is 1. The van der Waals surface area contributed by atoms with Crippen molar-refractivity contribution >= 4 is 46.7 Å². The first-order valence-corrected chi connectivity index (χ1v) is 11.0. The van der Waals surface area contributed by atoms with Crippen LogP contribution in [0.4, 0.5) is 0 Å². The number of halogens is 1. The maximum atomic E-state index is 12.7. The minimum absolute atomic E-state index is 0. The van der Waals surface area contributed by atoms with Crippen LogP contribution in [-0.4, -0.2) is 79.6 Å². The van der Waals surface area contributed by atoms with Crippen LogP contribution >= 0.6 is 24.0 Å². The second kappa shape index (κ2) is 11.2. The van der Waals surface area contributed by atoms with E-state index >= 15 is 0 Å². The quantitative estimate of drug-likeness (QED) is 0.356. The molecule has 2 aromatic rings. The molecule has 1 amide bonds. The summed E-state index contributed by atoms with van der Waals surface area (Å²) < 4.78 is 5.37. The average molecular weight is 539 g/mol. The van der Waals surface area contributed by atoms with Gasteiger partial charge in [0.25, 0.3) is 0 Å². The molecular weight excluding hydrogens is 505 g/mol. The number of nitrogens with one attached hydrogen (secondary N) is 2. The lowest BCUT2D eigenvalue weighted by atomic mass is 9.95. The number of fused-ring (bicyclic) bond motifs is 1. The summed E-state index contributed by atoms with van der Waals surface area (Å²) >= 11 is 0. The number of guanidine groups is 1. The Morgan fingerprint density at radius 3 is 2.65 bits per heavy atom. The summed E-state index contributed by atoms with van der Waals surface area (Å²) in [7, 11) is 1.84. The zero-order chi connectivity index (χ0) is 20.9. The molecule has 2 aliphatic rings. The number of hydrogen-bond donors (Lipinski definition) is 2. The van der Waals surface area contributed by atoms with Crippen molar-refractivity contribution in [2.45, 2.75) is 26.2 Å². The van der Waals surface area contributed by atoms with Crippen molar-refractivity contribution < 1.29 is 9.53 Å². The van der Waals surface area contributed by atoms with Gasteiger partial charge in [-0.15, -0.1) is 24.0 Å². The van der Waals surface area contributed by atoms with Crippen LogP contribution in [0.1, 0.15) is 24.0 Å². The summed E-state index contributed by atoms with van der Waals surface area (Å²) in [6, 6.07) is 6.43. The number of H-pyrrole nitrogens is 1. The number of benzene rings is 1. The summed E-state index contributed by atoms with van der Waals surface area (Å²) in [5.41, 5.74) is 3.83. The number of rotatable bonds is 4. The van der Waals surface area contributed by atoms with Gasteiger partial charge in [0.15, 0.2) is 5.96 Å². The van der Waals surface area contributed by atoms with Gasteiger partial charge in [-0.25, -0.2) is 0 Å². The van der Waals surface area contributed by atoms with Gasteiger partial charge in [-0.2, -0.15) is 0 Å². The number of nitrogens with zero attached hydrogens (tertiary/aromatic N) is 3. The van der Waals surface area contributed by atoms with Crippen molar-refractivity contribution in [2.75, 3.05) is 53.0 Å². The van der Waals surface area contributed by atoms with Crippen LogP contribution in [0.2, 0.25) is 0 Å². The standard InChI is InChI=1S/C23H33N5O2.HI/c1-17-4-3-5-20-19(16-26-21(17)20)6-9-25-23(24-2)28-10-7-18(8-11-28)22(29)27-12-14-30-15-13-27;/h3-5,16,18,26H,6-15H2,1-2H3,(H,24,25);1H. The minimum atomic E-state index is 0. The van der Waals surface area contributed by atoms with Crippen molar-refractivity contribution in [3.05, 3.63) is 35.5 Å². The molecule has 4 rings (SSSR count). The lowest BCUT2D eigenvalue weighted by Gasteiger charge is -2.36. The summed E-state index contributed by atoms with van der Waals surface area (Å²) in [6.45, 7) is 7.50. The highest BCUT2D eigenvalue weighted by molar-refractivity contribution is 14.0. The molecule has 0 atom stereocenters. The van der Waals surface area contributed by atoms with Crippen LogP contribution in [0.5, 0.6) is 0 Å². The molecule has 7 nitrogen and oxygen atoms in total. The topological polar surface area (TPSA) is 73.0 Å². The Labute approximate surface area is 201 Å². The first-order valence-electron chi connectivity index (χ1n) is 11.0. The van der Waals surface area contributed by atoms with Crippen LogP contribution in [0, 0.1) is 12.8 Å². The molecule has 1 aromatic carbocycles. The molecule has 0 saturated carbocycles. The van der Waals surface area contributed by atoms with Gasteiger partial charge in [0.2, 0.25) is 5.91 Å². The number of piperidine rings is 1. The smallest absolute Gasteiger partial charge is 0.225 e. The number of amides is 1. The van der Waals surface area contributed by atoms with Gasteiger partial charge in [0.1, 0.15) is 0 Å². The van der Waals surface area contributed by atoms with E-state index in [4.69, 9.17) is 4.74 Å². The zero-order valence-electron chi connectivity index (χ0n) is 18.5. The molecular formula is C23H34IN5O2. The van der Waals surface area contributed by atoms with E-state index in [0.717, 1.165) is 57.9 Å². The highest BCUT2D eigenvalue weighted by Crippen LogP contribution is 2.22. The second-order valence-electron chi connectivity index (χ2n) is 8.23. The molecule has 31 heavy (non-hydrogen) atoms. The van der Waals surface area contributed by atoms with Crippen molar-refractivity contribution in [3.63, 3.8) is 0 Å². The monoisotopic (exact) mass is 539 g/mol. The maximum absolute atomic E-state index is 12.7. The SMILES string of the molecule is CN=C(NCCc1c[nH]c2c(C)cccc12)N1CCC(C(=O)N2CCOCC2)CC1.I. The maximum Gasteiger partial charge on any atom is 0.225 e. The Morgan fingerprint density at radius 1 is 1.19 bits per heavy atom. The van der Waals surface area contributed by atoms with Gasteiger partial charge in [-0.05, 0) is 37.3 Å². The Morgan fingerprint density at radius 2 is 1.94 bits per heavy atom. The zero-order valence-corrected chi connectivity index (χ0v) is 20.9. The van der Waals surface area contributed by atoms with Crippen LogP contribution in [0.25, 0.3) is 10.9 Å². The molecule has 0 unspecified atom stereocenters. The number of aromatic amines is 1.